The number of nitro groups is 1. The maximum Gasteiger partial charge on any atom is 0.293 e. The second kappa shape index (κ2) is 7.64. The standard InChI is InChI=1S/C18H13ClN4O5S/c19-10-3-4-13(23(26)27)11(8-10)17(25)22-6-5-12-15(9-22)29-18(20-12)21-16(24)14-2-1-7-28-14/h1-4,7-8H,5-6,9H2,(H,20,21,24). The summed E-state index contributed by atoms with van der Waals surface area (Å²) >= 11 is 7.18. The van der Waals surface area contributed by atoms with E-state index in [1.165, 1.54) is 40.7 Å². The van der Waals surface area contributed by atoms with Crippen LogP contribution in [0.2, 0.25) is 5.02 Å². The first-order valence-corrected chi connectivity index (χ1v) is 9.68. The van der Waals surface area contributed by atoms with Crippen molar-refractivity contribution in [3.63, 3.8) is 0 Å². The molecule has 29 heavy (non-hydrogen) atoms. The van der Waals surface area contributed by atoms with Gasteiger partial charge in [0.05, 0.1) is 23.4 Å². The van der Waals surface area contributed by atoms with Gasteiger partial charge in [-0.2, -0.15) is 0 Å². The second-order valence-corrected chi connectivity index (χ2v) is 7.74. The van der Waals surface area contributed by atoms with Gasteiger partial charge in [-0.3, -0.25) is 25.0 Å². The number of carbonyl (C=O) groups excluding carboxylic acids is 2. The predicted molar refractivity (Wildman–Crippen MR) is 105 cm³/mol. The lowest BCUT2D eigenvalue weighted by atomic mass is 10.1. The third-order valence-corrected chi connectivity index (χ3v) is 5.60. The highest BCUT2D eigenvalue weighted by atomic mass is 35.5. The van der Waals surface area contributed by atoms with Crippen molar-refractivity contribution < 1.29 is 18.9 Å². The number of aromatic nitrogens is 1. The van der Waals surface area contributed by atoms with Crippen molar-refractivity contribution in [3.05, 3.63) is 73.6 Å². The molecule has 0 radical (unpaired) electrons. The number of thiazole rings is 1. The lowest BCUT2D eigenvalue weighted by Gasteiger charge is -2.26. The summed E-state index contributed by atoms with van der Waals surface area (Å²) in [5.41, 5.74) is 0.442. The van der Waals surface area contributed by atoms with Gasteiger partial charge >= 0.3 is 0 Å². The largest absolute Gasteiger partial charge is 0.459 e. The Bertz CT molecular complexity index is 1110. The van der Waals surface area contributed by atoms with E-state index in [9.17, 15) is 19.7 Å². The number of rotatable bonds is 4. The van der Waals surface area contributed by atoms with Crippen LogP contribution in [0.3, 0.4) is 0 Å². The number of amides is 2. The van der Waals surface area contributed by atoms with Gasteiger partial charge in [-0.1, -0.05) is 22.9 Å². The van der Waals surface area contributed by atoms with E-state index in [-0.39, 0.29) is 28.6 Å². The minimum Gasteiger partial charge on any atom is -0.459 e. The maximum absolute atomic E-state index is 12.9. The fourth-order valence-electron chi connectivity index (χ4n) is 3.00. The average Bonchev–Trinajstić information content (AvgIpc) is 3.36. The summed E-state index contributed by atoms with van der Waals surface area (Å²) in [7, 11) is 0. The average molecular weight is 433 g/mol. The molecule has 3 aromatic rings. The zero-order valence-electron chi connectivity index (χ0n) is 14.8. The van der Waals surface area contributed by atoms with Gasteiger partial charge < -0.3 is 9.32 Å². The van der Waals surface area contributed by atoms with E-state index in [0.29, 0.717) is 18.1 Å². The zero-order valence-corrected chi connectivity index (χ0v) is 16.3. The van der Waals surface area contributed by atoms with Crippen molar-refractivity contribution in [1.29, 1.82) is 0 Å². The van der Waals surface area contributed by atoms with Crippen LogP contribution in [0.4, 0.5) is 10.8 Å². The third-order valence-electron chi connectivity index (χ3n) is 4.37. The van der Waals surface area contributed by atoms with Crippen LogP contribution in [-0.4, -0.2) is 33.2 Å². The molecule has 0 bridgehead atoms. The fraction of sp³-hybridized carbons (Fsp3) is 0.167. The topological polar surface area (TPSA) is 119 Å². The fourth-order valence-corrected chi connectivity index (χ4v) is 4.19. The van der Waals surface area contributed by atoms with Crippen LogP contribution in [0.5, 0.6) is 0 Å². The van der Waals surface area contributed by atoms with E-state index in [2.05, 4.69) is 10.3 Å². The molecule has 148 valence electrons. The number of nitro benzene ring substituents is 1. The zero-order chi connectivity index (χ0) is 20.5. The van der Waals surface area contributed by atoms with Gasteiger partial charge in [0.1, 0.15) is 5.56 Å². The molecule has 1 N–H and O–H groups in total. The summed E-state index contributed by atoms with van der Waals surface area (Å²) < 4.78 is 5.05. The number of hydrogen-bond donors (Lipinski definition) is 1. The number of nitrogens with one attached hydrogen (secondary N) is 1. The molecule has 3 heterocycles. The van der Waals surface area contributed by atoms with Crippen LogP contribution in [0, 0.1) is 10.1 Å². The third kappa shape index (κ3) is 3.84. The molecule has 0 saturated carbocycles. The molecule has 2 amide bonds. The van der Waals surface area contributed by atoms with Gasteiger partial charge in [-0.15, -0.1) is 0 Å². The summed E-state index contributed by atoms with van der Waals surface area (Å²) in [5.74, 6) is -0.716. The van der Waals surface area contributed by atoms with Crippen LogP contribution in [0.15, 0.2) is 41.0 Å². The molecule has 0 unspecified atom stereocenters. The van der Waals surface area contributed by atoms with E-state index in [4.69, 9.17) is 16.0 Å². The Kier molecular flexibility index (Phi) is 5.03. The number of fused-ring (bicyclic) bond motifs is 1. The van der Waals surface area contributed by atoms with Gasteiger partial charge in [0.25, 0.3) is 17.5 Å². The van der Waals surface area contributed by atoms with E-state index >= 15 is 0 Å². The van der Waals surface area contributed by atoms with E-state index < -0.39 is 16.7 Å². The van der Waals surface area contributed by atoms with E-state index in [1.807, 2.05) is 0 Å². The number of nitrogens with zero attached hydrogens (tertiary/aromatic N) is 3. The Morgan fingerprint density at radius 2 is 2.17 bits per heavy atom. The van der Waals surface area contributed by atoms with Crippen molar-refractivity contribution in [3.8, 4) is 0 Å². The summed E-state index contributed by atoms with van der Waals surface area (Å²) in [5, 5.41) is 14.6. The van der Waals surface area contributed by atoms with Crippen LogP contribution < -0.4 is 5.32 Å². The van der Waals surface area contributed by atoms with Crippen LogP contribution in [-0.2, 0) is 13.0 Å². The summed E-state index contributed by atoms with van der Waals surface area (Å²) in [6.45, 7) is 0.594. The van der Waals surface area contributed by atoms with Crippen molar-refractivity contribution in [2.45, 2.75) is 13.0 Å². The molecule has 11 heteroatoms. The van der Waals surface area contributed by atoms with Gasteiger partial charge in [0, 0.05) is 28.9 Å². The maximum atomic E-state index is 12.9. The van der Waals surface area contributed by atoms with E-state index in [0.717, 1.165) is 10.6 Å². The van der Waals surface area contributed by atoms with Gasteiger partial charge in [0.2, 0.25) is 0 Å². The number of furan rings is 1. The highest BCUT2D eigenvalue weighted by molar-refractivity contribution is 7.15. The first kappa shape index (κ1) is 19.1. The summed E-state index contributed by atoms with van der Waals surface area (Å²) in [6.07, 6.45) is 1.88. The number of carbonyl (C=O) groups is 2. The van der Waals surface area contributed by atoms with Gasteiger partial charge in [-0.25, -0.2) is 4.98 Å². The van der Waals surface area contributed by atoms with Gasteiger partial charge in [0.15, 0.2) is 10.9 Å². The smallest absolute Gasteiger partial charge is 0.293 e. The second-order valence-electron chi connectivity index (χ2n) is 6.22. The quantitative estimate of drug-likeness (QED) is 0.495. The lowest BCUT2D eigenvalue weighted by Crippen LogP contribution is -2.35. The first-order chi connectivity index (χ1) is 13.9. The summed E-state index contributed by atoms with van der Waals surface area (Å²) in [4.78, 5) is 42.4. The molecule has 0 atom stereocenters. The van der Waals surface area contributed by atoms with Crippen molar-refractivity contribution in [2.75, 3.05) is 11.9 Å². The molecular weight excluding hydrogens is 420 g/mol. The lowest BCUT2D eigenvalue weighted by molar-refractivity contribution is -0.385. The highest BCUT2D eigenvalue weighted by Crippen LogP contribution is 2.31. The highest BCUT2D eigenvalue weighted by Gasteiger charge is 2.29. The molecule has 9 nitrogen and oxygen atoms in total. The number of benzene rings is 1. The molecule has 1 aliphatic rings. The normalized spacial score (nSPS) is 13.1. The Balaban J connectivity index is 1.53. The van der Waals surface area contributed by atoms with Crippen LogP contribution in [0.1, 0.15) is 31.5 Å². The predicted octanol–water partition coefficient (Wildman–Crippen LogP) is 3.75. The van der Waals surface area contributed by atoms with Crippen LogP contribution >= 0.6 is 22.9 Å². The molecule has 0 fully saturated rings. The Morgan fingerprint density at radius 1 is 1.34 bits per heavy atom. The SMILES string of the molecule is O=C(Nc1nc2c(s1)CN(C(=O)c1cc(Cl)ccc1[N+](=O)[O-])CC2)c1ccco1. The minimum atomic E-state index is -0.603. The Labute approximate surface area is 173 Å². The minimum absolute atomic E-state index is 0.0539. The molecule has 1 aromatic carbocycles. The number of anilines is 1. The number of hydrogen-bond acceptors (Lipinski definition) is 7. The molecule has 4 rings (SSSR count). The monoisotopic (exact) mass is 432 g/mol. The first-order valence-electron chi connectivity index (χ1n) is 8.49. The van der Waals surface area contributed by atoms with E-state index in [1.54, 1.807) is 12.1 Å². The van der Waals surface area contributed by atoms with Crippen molar-refractivity contribution in [2.24, 2.45) is 0 Å². The molecule has 0 saturated heterocycles. The van der Waals surface area contributed by atoms with Crippen LogP contribution in [0.25, 0.3) is 0 Å². The van der Waals surface area contributed by atoms with Gasteiger partial charge in [-0.05, 0) is 24.3 Å². The molecule has 2 aromatic heterocycles. The molecular formula is C18H13ClN4O5S. The Morgan fingerprint density at radius 3 is 2.90 bits per heavy atom. The Hall–Kier alpha value is -3.24. The number of halogens is 1. The van der Waals surface area contributed by atoms with Crippen molar-refractivity contribution >= 4 is 45.6 Å². The van der Waals surface area contributed by atoms with Crippen molar-refractivity contribution in [1.82, 2.24) is 9.88 Å². The molecule has 0 spiro atoms. The summed E-state index contributed by atoms with van der Waals surface area (Å²) in [6, 6.07) is 7.06. The molecule has 1 aliphatic heterocycles. The molecule has 0 aliphatic carbocycles.